The van der Waals surface area contributed by atoms with Crippen molar-refractivity contribution >= 4 is 23.6 Å². The maximum absolute atomic E-state index is 11.4. The molecule has 0 radical (unpaired) electrons. The SMILES string of the molecule is O=CC[C@@H](c1ccccc1)c1ccc(N(Cc2ccccc2)Cc2ccccc2)cc1Cl. The third-order valence-electron chi connectivity index (χ3n) is 5.69. The first-order valence-corrected chi connectivity index (χ1v) is 11.2. The number of anilines is 1. The van der Waals surface area contributed by atoms with E-state index in [1.54, 1.807) is 0 Å². The molecule has 0 amide bonds. The summed E-state index contributed by atoms with van der Waals surface area (Å²) >= 11 is 6.82. The predicted molar refractivity (Wildman–Crippen MR) is 133 cm³/mol. The molecule has 0 bridgehead atoms. The Balaban J connectivity index is 1.66. The van der Waals surface area contributed by atoms with E-state index in [0.29, 0.717) is 11.4 Å². The number of nitrogens with zero attached hydrogens (tertiary/aromatic N) is 1. The van der Waals surface area contributed by atoms with Crippen LogP contribution in [0.1, 0.15) is 34.6 Å². The van der Waals surface area contributed by atoms with Gasteiger partial charge < -0.3 is 9.69 Å². The van der Waals surface area contributed by atoms with Gasteiger partial charge in [-0.3, -0.25) is 0 Å². The molecule has 1 atom stereocenters. The van der Waals surface area contributed by atoms with E-state index < -0.39 is 0 Å². The van der Waals surface area contributed by atoms with Crippen LogP contribution in [-0.2, 0) is 17.9 Å². The molecular weight excluding hydrogens is 414 g/mol. The van der Waals surface area contributed by atoms with Gasteiger partial charge >= 0.3 is 0 Å². The molecule has 0 N–H and O–H groups in total. The first-order chi connectivity index (χ1) is 15.7. The summed E-state index contributed by atoms with van der Waals surface area (Å²) in [5, 5.41) is 0.685. The highest BCUT2D eigenvalue weighted by Crippen LogP contribution is 2.35. The lowest BCUT2D eigenvalue weighted by Crippen LogP contribution is -2.22. The summed E-state index contributed by atoms with van der Waals surface area (Å²) in [6.45, 7) is 1.56. The zero-order chi connectivity index (χ0) is 22.2. The summed E-state index contributed by atoms with van der Waals surface area (Å²) in [4.78, 5) is 13.7. The first kappa shape index (κ1) is 21.9. The molecule has 0 heterocycles. The number of rotatable bonds is 9. The van der Waals surface area contributed by atoms with Gasteiger partial charge in [-0.05, 0) is 34.4 Å². The van der Waals surface area contributed by atoms with Crippen LogP contribution in [-0.4, -0.2) is 6.29 Å². The molecule has 2 nitrogen and oxygen atoms in total. The van der Waals surface area contributed by atoms with Crippen molar-refractivity contribution < 1.29 is 4.79 Å². The van der Waals surface area contributed by atoms with Gasteiger partial charge in [-0.1, -0.05) is 109 Å². The van der Waals surface area contributed by atoms with Gasteiger partial charge in [-0.2, -0.15) is 0 Å². The summed E-state index contributed by atoms with van der Waals surface area (Å²) in [7, 11) is 0. The van der Waals surface area contributed by atoms with E-state index in [-0.39, 0.29) is 5.92 Å². The van der Waals surface area contributed by atoms with Gasteiger partial charge in [0.15, 0.2) is 0 Å². The maximum atomic E-state index is 11.4. The minimum Gasteiger partial charge on any atom is -0.363 e. The lowest BCUT2D eigenvalue weighted by molar-refractivity contribution is -0.108. The molecule has 0 fully saturated rings. The Kier molecular flexibility index (Phi) is 7.37. The number of halogens is 1. The summed E-state index contributed by atoms with van der Waals surface area (Å²) in [6.07, 6.45) is 1.37. The van der Waals surface area contributed by atoms with Crippen LogP contribution in [0.15, 0.2) is 109 Å². The molecule has 0 aliphatic carbocycles. The molecule has 0 aromatic heterocycles. The van der Waals surface area contributed by atoms with Crippen molar-refractivity contribution in [3.8, 4) is 0 Å². The molecule has 4 aromatic carbocycles. The van der Waals surface area contributed by atoms with E-state index in [0.717, 1.165) is 36.2 Å². The summed E-state index contributed by atoms with van der Waals surface area (Å²) in [6, 6.07) is 37.2. The Morgan fingerprint density at radius 3 is 1.75 bits per heavy atom. The fourth-order valence-corrected chi connectivity index (χ4v) is 4.37. The van der Waals surface area contributed by atoms with Crippen LogP contribution in [0.2, 0.25) is 5.02 Å². The van der Waals surface area contributed by atoms with E-state index >= 15 is 0 Å². The molecular formula is C29H26ClNO. The molecule has 0 aliphatic rings. The smallest absolute Gasteiger partial charge is 0.120 e. The van der Waals surface area contributed by atoms with Gasteiger partial charge in [0.25, 0.3) is 0 Å². The van der Waals surface area contributed by atoms with E-state index in [1.807, 2.05) is 36.4 Å². The Hall–Kier alpha value is -3.36. The standard InChI is InChI=1S/C29H26ClNO/c30-29-20-26(16-17-28(29)27(18-19-32)25-14-8-3-9-15-25)31(21-23-10-4-1-5-11-23)22-24-12-6-2-7-13-24/h1-17,19-20,27H,18,21-22H2/t27-/m0/s1. The highest BCUT2D eigenvalue weighted by atomic mass is 35.5. The van der Waals surface area contributed by atoms with Crippen molar-refractivity contribution in [3.05, 3.63) is 136 Å². The van der Waals surface area contributed by atoms with Crippen LogP contribution >= 0.6 is 11.6 Å². The fraction of sp³-hybridized carbons (Fsp3) is 0.138. The monoisotopic (exact) mass is 439 g/mol. The van der Waals surface area contributed by atoms with Gasteiger partial charge in [-0.15, -0.1) is 0 Å². The average molecular weight is 440 g/mol. The lowest BCUT2D eigenvalue weighted by Gasteiger charge is -2.27. The topological polar surface area (TPSA) is 20.3 Å². The van der Waals surface area contributed by atoms with Crippen molar-refractivity contribution in [2.75, 3.05) is 4.90 Å². The minimum absolute atomic E-state index is 0.0491. The number of carbonyl (C=O) groups excluding carboxylic acids is 1. The third-order valence-corrected chi connectivity index (χ3v) is 6.02. The van der Waals surface area contributed by atoms with E-state index in [2.05, 4.69) is 77.7 Å². The van der Waals surface area contributed by atoms with Crippen LogP contribution < -0.4 is 4.90 Å². The molecule has 160 valence electrons. The van der Waals surface area contributed by atoms with Crippen LogP contribution in [0.4, 0.5) is 5.69 Å². The van der Waals surface area contributed by atoms with Crippen molar-refractivity contribution in [3.63, 3.8) is 0 Å². The number of hydrogen-bond acceptors (Lipinski definition) is 2. The van der Waals surface area contributed by atoms with Gasteiger partial charge in [0, 0.05) is 36.1 Å². The molecule has 0 unspecified atom stereocenters. The Morgan fingerprint density at radius 2 is 1.25 bits per heavy atom. The molecule has 0 saturated heterocycles. The molecule has 32 heavy (non-hydrogen) atoms. The molecule has 3 heteroatoms. The summed E-state index contributed by atoms with van der Waals surface area (Å²) in [5.74, 6) is -0.0491. The number of benzene rings is 4. The minimum atomic E-state index is -0.0491. The Morgan fingerprint density at radius 1 is 0.719 bits per heavy atom. The van der Waals surface area contributed by atoms with Crippen molar-refractivity contribution in [2.45, 2.75) is 25.4 Å². The van der Waals surface area contributed by atoms with Gasteiger partial charge in [0.1, 0.15) is 6.29 Å². The number of carbonyl (C=O) groups is 1. The Bertz CT molecular complexity index is 1090. The van der Waals surface area contributed by atoms with Crippen molar-refractivity contribution in [1.82, 2.24) is 0 Å². The lowest BCUT2D eigenvalue weighted by atomic mass is 9.89. The maximum Gasteiger partial charge on any atom is 0.120 e. The zero-order valence-corrected chi connectivity index (χ0v) is 18.7. The highest BCUT2D eigenvalue weighted by molar-refractivity contribution is 6.31. The second-order valence-electron chi connectivity index (χ2n) is 7.90. The Labute approximate surface area is 195 Å². The van der Waals surface area contributed by atoms with Crippen LogP contribution in [0.25, 0.3) is 0 Å². The van der Waals surface area contributed by atoms with E-state index in [9.17, 15) is 4.79 Å². The highest BCUT2D eigenvalue weighted by Gasteiger charge is 2.18. The largest absolute Gasteiger partial charge is 0.363 e. The summed E-state index contributed by atoms with van der Waals surface area (Å²) < 4.78 is 0. The van der Waals surface area contributed by atoms with Crippen molar-refractivity contribution in [1.29, 1.82) is 0 Å². The molecule has 0 aliphatic heterocycles. The van der Waals surface area contributed by atoms with Gasteiger partial charge in [0.05, 0.1) is 0 Å². The van der Waals surface area contributed by atoms with Crippen LogP contribution in [0.3, 0.4) is 0 Å². The predicted octanol–water partition coefficient (Wildman–Crippen LogP) is 7.27. The third kappa shape index (κ3) is 5.46. The van der Waals surface area contributed by atoms with Gasteiger partial charge in [0.2, 0.25) is 0 Å². The van der Waals surface area contributed by atoms with Crippen LogP contribution in [0.5, 0.6) is 0 Å². The molecule has 0 saturated carbocycles. The molecule has 4 aromatic rings. The van der Waals surface area contributed by atoms with E-state index in [4.69, 9.17) is 11.6 Å². The molecule has 4 rings (SSSR count). The zero-order valence-electron chi connectivity index (χ0n) is 17.9. The number of hydrogen-bond donors (Lipinski definition) is 0. The number of aldehydes is 1. The van der Waals surface area contributed by atoms with Crippen molar-refractivity contribution in [2.24, 2.45) is 0 Å². The normalized spacial score (nSPS) is 11.7. The van der Waals surface area contributed by atoms with Gasteiger partial charge in [-0.25, -0.2) is 0 Å². The summed E-state index contributed by atoms with van der Waals surface area (Å²) in [5.41, 5.74) is 5.62. The van der Waals surface area contributed by atoms with E-state index in [1.165, 1.54) is 11.1 Å². The second kappa shape index (κ2) is 10.8. The van der Waals surface area contributed by atoms with Crippen LogP contribution in [0, 0.1) is 0 Å². The quantitative estimate of drug-likeness (QED) is 0.255. The molecule has 0 spiro atoms. The average Bonchev–Trinajstić information content (AvgIpc) is 2.84. The first-order valence-electron chi connectivity index (χ1n) is 10.9. The second-order valence-corrected chi connectivity index (χ2v) is 8.31. The fourth-order valence-electron chi connectivity index (χ4n) is 4.07.